The zero-order valence-electron chi connectivity index (χ0n) is 17.6. The van der Waals surface area contributed by atoms with Crippen LogP contribution in [0.3, 0.4) is 0 Å². The van der Waals surface area contributed by atoms with E-state index >= 15 is 0 Å². The van der Waals surface area contributed by atoms with E-state index < -0.39 is 17.7 Å². The Hall–Kier alpha value is -1.91. The van der Waals surface area contributed by atoms with E-state index in [2.05, 4.69) is 11.9 Å². The molecule has 1 aliphatic rings. The van der Waals surface area contributed by atoms with Crippen LogP contribution in [0.25, 0.3) is 11.1 Å². The van der Waals surface area contributed by atoms with Crippen molar-refractivity contribution in [2.45, 2.75) is 77.3 Å². The summed E-state index contributed by atoms with van der Waals surface area (Å²) in [5, 5.41) is 0. The fourth-order valence-corrected chi connectivity index (χ4v) is 4.53. The summed E-state index contributed by atoms with van der Waals surface area (Å²) in [4.78, 5) is 3.43. The molecule has 0 unspecified atom stereocenters. The van der Waals surface area contributed by atoms with Gasteiger partial charge in [0.2, 0.25) is 0 Å². The lowest BCUT2D eigenvalue weighted by molar-refractivity contribution is -0.141. The van der Waals surface area contributed by atoms with Crippen molar-refractivity contribution in [1.82, 2.24) is 4.98 Å². The number of aromatic nitrogens is 1. The summed E-state index contributed by atoms with van der Waals surface area (Å²) in [5.41, 5.74) is 0.616. The second-order valence-electron chi connectivity index (χ2n) is 8.67. The lowest BCUT2D eigenvalue weighted by atomic mass is 9.78. The Bertz CT molecular complexity index is 790. The van der Waals surface area contributed by atoms with Gasteiger partial charge in [0, 0.05) is 17.3 Å². The average molecular weight is 422 g/mol. The molecule has 164 valence electrons. The fraction of sp³-hybridized carbons (Fsp3) is 0.560. The monoisotopic (exact) mass is 421 g/mol. The predicted octanol–water partition coefficient (Wildman–Crippen LogP) is 8.23. The van der Waals surface area contributed by atoms with E-state index in [0.29, 0.717) is 11.5 Å². The number of unbranched alkanes of at least 4 members (excludes halogenated alkanes) is 2. The van der Waals surface area contributed by atoms with Gasteiger partial charge in [0.1, 0.15) is 11.5 Å². The zero-order chi connectivity index (χ0) is 21.6. The highest BCUT2D eigenvalue weighted by molar-refractivity contribution is 5.63. The van der Waals surface area contributed by atoms with Gasteiger partial charge in [0.15, 0.2) is 0 Å². The van der Waals surface area contributed by atoms with E-state index in [4.69, 9.17) is 0 Å². The topological polar surface area (TPSA) is 12.9 Å². The normalized spacial score (nSPS) is 19.8. The van der Waals surface area contributed by atoms with Crippen LogP contribution < -0.4 is 0 Å². The second-order valence-corrected chi connectivity index (χ2v) is 8.67. The summed E-state index contributed by atoms with van der Waals surface area (Å²) < 4.78 is 52.5. The molecule has 1 aromatic carbocycles. The molecule has 0 atom stereocenters. The van der Waals surface area contributed by atoms with Crippen molar-refractivity contribution in [1.29, 1.82) is 0 Å². The molecule has 2 aromatic rings. The van der Waals surface area contributed by atoms with Crippen molar-refractivity contribution in [3.05, 3.63) is 53.6 Å². The van der Waals surface area contributed by atoms with Crippen molar-refractivity contribution < 1.29 is 17.6 Å². The molecule has 3 rings (SSSR count). The van der Waals surface area contributed by atoms with Gasteiger partial charge in [-0.05, 0) is 42.4 Å². The highest BCUT2D eigenvalue weighted by Gasteiger charge is 2.32. The standard InChI is InChI=1S/C25H31F4N/c1-2-3-4-5-18-6-8-19(9-7-18)10-11-20-12-14-22(23(26)16-20)21-13-15-24(30-17-21)25(27,28)29/h12-19H,2-11H2,1H3. The fourth-order valence-electron chi connectivity index (χ4n) is 4.53. The largest absolute Gasteiger partial charge is 0.433 e. The van der Waals surface area contributed by atoms with Crippen LogP contribution in [0.4, 0.5) is 17.6 Å². The van der Waals surface area contributed by atoms with Crippen LogP contribution in [0.1, 0.15) is 76.0 Å². The minimum atomic E-state index is -4.49. The van der Waals surface area contributed by atoms with Gasteiger partial charge in [0.05, 0.1) is 0 Å². The Morgan fingerprint density at radius 1 is 0.933 bits per heavy atom. The molecule has 0 bridgehead atoms. The number of hydrogen-bond donors (Lipinski definition) is 0. The minimum absolute atomic E-state index is 0.285. The Morgan fingerprint density at radius 2 is 1.63 bits per heavy atom. The van der Waals surface area contributed by atoms with Crippen LogP contribution in [-0.4, -0.2) is 4.98 Å². The molecule has 1 aliphatic carbocycles. The number of pyridine rings is 1. The summed E-state index contributed by atoms with van der Waals surface area (Å²) >= 11 is 0. The first-order valence-electron chi connectivity index (χ1n) is 11.2. The van der Waals surface area contributed by atoms with Crippen LogP contribution in [0.15, 0.2) is 36.5 Å². The highest BCUT2D eigenvalue weighted by atomic mass is 19.4. The number of hydrogen-bond acceptors (Lipinski definition) is 1. The molecular formula is C25H31F4N. The molecule has 0 aliphatic heterocycles. The number of aryl methyl sites for hydroxylation is 1. The highest BCUT2D eigenvalue weighted by Crippen LogP contribution is 2.35. The lowest BCUT2D eigenvalue weighted by Gasteiger charge is -2.28. The van der Waals surface area contributed by atoms with Crippen LogP contribution in [-0.2, 0) is 12.6 Å². The van der Waals surface area contributed by atoms with Crippen LogP contribution in [0.5, 0.6) is 0 Å². The quantitative estimate of drug-likeness (QED) is 0.309. The Morgan fingerprint density at radius 3 is 2.20 bits per heavy atom. The van der Waals surface area contributed by atoms with Crippen molar-refractivity contribution in [3.63, 3.8) is 0 Å². The van der Waals surface area contributed by atoms with Gasteiger partial charge in [0.25, 0.3) is 0 Å². The van der Waals surface area contributed by atoms with Gasteiger partial charge in [-0.3, -0.25) is 4.98 Å². The molecule has 30 heavy (non-hydrogen) atoms. The maximum Gasteiger partial charge on any atom is 0.433 e. The second kappa shape index (κ2) is 10.4. The third-order valence-electron chi connectivity index (χ3n) is 6.42. The number of halogens is 4. The zero-order valence-corrected chi connectivity index (χ0v) is 17.6. The van der Waals surface area contributed by atoms with Gasteiger partial charge in [-0.15, -0.1) is 0 Å². The van der Waals surface area contributed by atoms with Crippen molar-refractivity contribution in [3.8, 4) is 11.1 Å². The first-order chi connectivity index (χ1) is 14.4. The molecule has 0 radical (unpaired) electrons. The summed E-state index contributed by atoms with van der Waals surface area (Å²) in [6.07, 6.45) is 9.03. The number of alkyl halides is 3. The smallest absolute Gasteiger partial charge is 0.251 e. The van der Waals surface area contributed by atoms with Gasteiger partial charge < -0.3 is 0 Å². The van der Waals surface area contributed by atoms with Gasteiger partial charge in [-0.25, -0.2) is 4.39 Å². The van der Waals surface area contributed by atoms with Crippen molar-refractivity contribution in [2.75, 3.05) is 0 Å². The first kappa shape index (κ1) is 22.8. The van der Waals surface area contributed by atoms with E-state index in [9.17, 15) is 17.6 Å². The number of benzene rings is 1. The molecule has 1 saturated carbocycles. The third-order valence-corrected chi connectivity index (χ3v) is 6.42. The Labute approximate surface area is 176 Å². The van der Waals surface area contributed by atoms with Gasteiger partial charge in [-0.2, -0.15) is 13.2 Å². The summed E-state index contributed by atoms with van der Waals surface area (Å²) in [5.74, 6) is 1.20. The van der Waals surface area contributed by atoms with Crippen LogP contribution >= 0.6 is 0 Å². The van der Waals surface area contributed by atoms with Crippen molar-refractivity contribution >= 4 is 0 Å². The molecule has 0 saturated heterocycles. The molecule has 0 amide bonds. The maximum absolute atomic E-state index is 14.6. The number of nitrogens with zero attached hydrogens (tertiary/aromatic N) is 1. The Kier molecular flexibility index (Phi) is 7.90. The minimum Gasteiger partial charge on any atom is -0.251 e. The molecule has 5 heteroatoms. The van der Waals surface area contributed by atoms with E-state index in [1.807, 2.05) is 6.07 Å². The van der Waals surface area contributed by atoms with Gasteiger partial charge in [-0.1, -0.05) is 76.5 Å². The summed E-state index contributed by atoms with van der Waals surface area (Å²) in [7, 11) is 0. The Balaban J connectivity index is 1.51. The molecular weight excluding hydrogens is 390 g/mol. The lowest BCUT2D eigenvalue weighted by Crippen LogP contribution is -2.15. The SMILES string of the molecule is CCCCCC1CCC(CCc2ccc(-c3ccc(C(F)(F)F)nc3)c(F)c2)CC1. The van der Waals surface area contributed by atoms with E-state index in [1.165, 1.54) is 63.5 Å². The summed E-state index contributed by atoms with van der Waals surface area (Å²) in [6.45, 7) is 2.24. The summed E-state index contributed by atoms with van der Waals surface area (Å²) in [6, 6.07) is 7.21. The molecule has 1 fully saturated rings. The molecule has 0 spiro atoms. The van der Waals surface area contributed by atoms with Gasteiger partial charge >= 0.3 is 6.18 Å². The molecule has 1 heterocycles. The van der Waals surface area contributed by atoms with E-state index in [1.54, 1.807) is 6.07 Å². The maximum atomic E-state index is 14.6. The van der Waals surface area contributed by atoms with Crippen LogP contribution in [0.2, 0.25) is 0 Å². The van der Waals surface area contributed by atoms with E-state index in [0.717, 1.165) is 36.6 Å². The van der Waals surface area contributed by atoms with Crippen molar-refractivity contribution in [2.24, 2.45) is 11.8 Å². The number of rotatable bonds is 8. The molecule has 1 aromatic heterocycles. The first-order valence-corrected chi connectivity index (χ1v) is 11.2. The third kappa shape index (κ3) is 6.29. The van der Waals surface area contributed by atoms with E-state index in [-0.39, 0.29) is 5.56 Å². The average Bonchev–Trinajstić information content (AvgIpc) is 2.73. The predicted molar refractivity (Wildman–Crippen MR) is 113 cm³/mol. The van der Waals surface area contributed by atoms with Crippen LogP contribution in [0, 0.1) is 17.7 Å². The molecule has 1 nitrogen and oxygen atoms in total. The molecule has 0 N–H and O–H groups in total.